The molecule has 128 valence electrons. The number of hydrogen-bond acceptors (Lipinski definition) is 3. The van der Waals surface area contributed by atoms with E-state index in [0.29, 0.717) is 5.92 Å². The molecule has 25 heavy (non-hydrogen) atoms. The van der Waals surface area contributed by atoms with Gasteiger partial charge in [-0.3, -0.25) is 4.57 Å². The molecule has 3 aromatic rings. The number of para-hydroxylation sites is 1. The molecular formula is C19H17Cl2N3S. The highest BCUT2D eigenvalue weighted by molar-refractivity contribution is 7.99. The van der Waals surface area contributed by atoms with E-state index in [1.165, 1.54) is 5.56 Å². The van der Waals surface area contributed by atoms with Gasteiger partial charge in [0.15, 0.2) is 5.16 Å². The number of nitrogens with zero attached hydrogens (tertiary/aromatic N) is 3. The predicted octanol–water partition coefficient (Wildman–Crippen LogP) is 5.14. The fraction of sp³-hybridized carbons (Fsp3) is 0.263. The number of hydrogen-bond donors (Lipinski definition) is 0. The molecule has 0 radical (unpaired) electrons. The van der Waals surface area contributed by atoms with E-state index in [1.807, 2.05) is 36.4 Å². The van der Waals surface area contributed by atoms with Gasteiger partial charge in [-0.2, -0.15) is 0 Å². The van der Waals surface area contributed by atoms with E-state index in [9.17, 15) is 0 Å². The SMILES string of the molecule is ClC1(Cl)C[C@@H]1CSc1nnc(Cc2ccccc2)n1-c1ccccc1. The van der Waals surface area contributed by atoms with Crippen LogP contribution < -0.4 is 0 Å². The van der Waals surface area contributed by atoms with Gasteiger partial charge < -0.3 is 0 Å². The summed E-state index contributed by atoms with van der Waals surface area (Å²) < 4.78 is 1.57. The molecule has 1 atom stereocenters. The largest absolute Gasteiger partial charge is 0.274 e. The third kappa shape index (κ3) is 3.86. The summed E-state index contributed by atoms with van der Waals surface area (Å²) in [7, 11) is 0. The van der Waals surface area contributed by atoms with Gasteiger partial charge in [0.2, 0.25) is 0 Å². The summed E-state index contributed by atoms with van der Waals surface area (Å²) in [5, 5.41) is 9.76. The summed E-state index contributed by atoms with van der Waals surface area (Å²) >= 11 is 14.0. The van der Waals surface area contributed by atoms with Crippen molar-refractivity contribution < 1.29 is 0 Å². The number of thioether (sulfide) groups is 1. The Labute approximate surface area is 161 Å². The van der Waals surface area contributed by atoms with E-state index in [-0.39, 0.29) is 0 Å². The first-order chi connectivity index (χ1) is 12.1. The maximum atomic E-state index is 6.15. The predicted molar refractivity (Wildman–Crippen MR) is 104 cm³/mol. The van der Waals surface area contributed by atoms with Crippen molar-refractivity contribution in [2.45, 2.75) is 22.3 Å². The summed E-state index contributed by atoms with van der Waals surface area (Å²) in [6.07, 6.45) is 1.58. The maximum absolute atomic E-state index is 6.15. The molecule has 4 rings (SSSR count). The molecule has 3 nitrogen and oxygen atoms in total. The van der Waals surface area contributed by atoms with Crippen molar-refractivity contribution in [2.75, 3.05) is 5.75 Å². The first-order valence-electron chi connectivity index (χ1n) is 8.18. The fourth-order valence-corrected chi connectivity index (χ4v) is 4.65. The van der Waals surface area contributed by atoms with Crippen molar-refractivity contribution in [3.05, 3.63) is 72.1 Å². The van der Waals surface area contributed by atoms with Crippen molar-refractivity contribution >= 4 is 35.0 Å². The molecule has 0 aliphatic heterocycles. The fourth-order valence-electron chi connectivity index (χ4n) is 2.75. The molecule has 0 unspecified atom stereocenters. The van der Waals surface area contributed by atoms with Gasteiger partial charge in [-0.15, -0.1) is 33.4 Å². The second-order valence-corrected chi connectivity index (χ2v) is 8.73. The Kier molecular flexibility index (Phi) is 4.76. The lowest BCUT2D eigenvalue weighted by atomic mass is 10.1. The summed E-state index contributed by atoms with van der Waals surface area (Å²) in [6.45, 7) is 0. The first kappa shape index (κ1) is 17.0. The zero-order valence-corrected chi connectivity index (χ0v) is 15.8. The summed E-state index contributed by atoms with van der Waals surface area (Å²) in [4.78, 5) is 0. The molecule has 0 N–H and O–H groups in total. The van der Waals surface area contributed by atoms with E-state index < -0.39 is 4.33 Å². The quantitative estimate of drug-likeness (QED) is 0.431. The second-order valence-electron chi connectivity index (χ2n) is 6.21. The monoisotopic (exact) mass is 389 g/mol. The maximum Gasteiger partial charge on any atom is 0.195 e. The minimum Gasteiger partial charge on any atom is -0.274 e. The van der Waals surface area contributed by atoms with E-state index in [4.69, 9.17) is 23.2 Å². The Balaban J connectivity index is 1.62. The number of rotatable bonds is 6. The molecule has 6 heteroatoms. The topological polar surface area (TPSA) is 30.7 Å². The van der Waals surface area contributed by atoms with Gasteiger partial charge >= 0.3 is 0 Å². The Morgan fingerprint density at radius 2 is 1.64 bits per heavy atom. The van der Waals surface area contributed by atoms with Crippen LogP contribution in [0.4, 0.5) is 0 Å². The molecule has 1 saturated carbocycles. The molecule has 1 aliphatic rings. The number of alkyl halides is 2. The van der Waals surface area contributed by atoms with Crippen LogP contribution in [-0.2, 0) is 6.42 Å². The standard InChI is InChI=1S/C19H17Cl2N3S/c20-19(21)12-15(19)13-25-18-23-22-17(11-14-7-3-1-4-8-14)24(18)16-9-5-2-6-10-16/h1-10,15H,11-13H2/t15-/m1/s1. The van der Waals surface area contributed by atoms with Crippen LogP contribution in [0.15, 0.2) is 65.8 Å². The van der Waals surface area contributed by atoms with E-state index in [0.717, 1.165) is 35.3 Å². The van der Waals surface area contributed by atoms with Crippen molar-refractivity contribution in [3.8, 4) is 5.69 Å². The van der Waals surface area contributed by atoms with Gasteiger partial charge in [-0.05, 0) is 24.1 Å². The Morgan fingerprint density at radius 1 is 1.00 bits per heavy atom. The second kappa shape index (κ2) is 7.02. The van der Waals surface area contributed by atoms with Crippen LogP contribution in [0.3, 0.4) is 0 Å². The minimum atomic E-state index is -0.558. The molecule has 1 aliphatic carbocycles. The molecule has 0 spiro atoms. The third-order valence-electron chi connectivity index (χ3n) is 4.29. The van der Waals surface area contributed by atoms with E-state index >= 15 is 0 Å². The van der Waals surface area contributed by atoms with Gasteiger partial charge in [-0.1, -0.05) is 60.3 Å². The summed E-state index contributed by atoms with van der Waals surface area (Å²) in [5.74, 6) is 2.10. The van der Waals surface area contributed by atoms with Gasteiger partial charge in [-0.25, -0.2) is 0 Å². The van der Waals surface area contributed by atoms with Crippen LogP contribution in [0.25, 0.3) is 5.69 Å². The van der Waals surface area contributed by atoms with E-state index in [2.05, 4.69) is 39.0 Å². The molecule has 2 aromatic carbocycles. The van der Waals surface area contributed by atoms with E-state index in [1.54, 1.807) is 11.8 Å². The minimum absolute atomic E-state index is 0.319. The lowest BCUT2D eigenvalue weighted by molar-refractivity contribution is 0.844. The lowest BCUT2D eigenvalue weighted by Crippen LogP contribution is -2.04. The van der Waals surface area contributed by atoms with Gasteiger partial charge in [0.25, 0.3) is 0 Å². The molecular weight excluding hydrogens is 373 g/mol. The van der Waals surface area contributed by atoms with Crippen LogP contribution in [-0.4, -0.2) is 24.9 Å². The normalized spacial score (nSPS) is 18.2. The van der Waals surface area contributed by atoms with Crippen LogP contribution >= 0.6 is 35.0 Å². The van der Waals surface area contributed by atoms with Crippen LogP contribution in [0.5, 0.6) is 0 Å². The smallest absolute Gasteiger partial charge is 0.195 e. The Morgan fingerprint density at radius 3 is 2.28 bits per heavy atom. The van der Waals surface area contributed by atoms with Crippen molar-refractivity contribution in [1.82, 2.24) is 14.8 Å². The van der Waals surface area contributed by atoms with Crippen LogP contribution in [0, 0.1) is 5.92 Å². The zero-order chi connectivity index (χ0) is 17.3. The zero-order valence-electron chi connectivity index (χ0n) is 13.5. The highest BCUT2D eigenvalue weighted by Gasteiger charge is 2.51. The Hall–Kier alpha value is -1.49. The highest BCUT2D eigenvalue weighted by Crippen LogP contribution is 2.54. The molecule has 1 fully saturated rings. The number of aromatic nitrogens is 3. The summed E-state index contributed by atoms with van der Waals surface area (Å²) in [5.41, 5.74) is 2.28. The van der Waals surface area contributed by atoms with Crippen molar-refractivity contribution in [1.29, 1.82) is 0 Å². The molecule has 0 saturated heterocycles. The average Bonchev–Trinajstić information content (AvgIpc) is 3.06. The number of halogens is 2. The van der Waals surface area contributed by atoms with Crippen LogP contribution in [0.2, 0.25) is 0 Å². The number of benzene rings is 2. The van der Waals surface area contributed by atoms with Crippen molar-refractivity contribution in [2.24, 2.45) is 5.92 Å². The molecule has 0 amide bonds. The van der Waals surface area contributed by atoms with Crippen molar-refractivity contribution in [3.63, 3.8) is 0 Å². The van der Waals surface area contributed by atoms with Crippen LogP contribution in [0.1, 0.15) is 17.8 Å². The Bertz CT molecular complexity index is 850. The highest BCUT2D eigenvalue weighted by atomic mass is 35.5. The molecule has 1 aromatic heterocycles. The lowest BCUT2D eigenvalue weighted by Gasteiger charge is -2.10. The van der Waals surface area contributed by atoms with Gasteiger partial charge in [0.05, 0.1) is 0 Å². The molecule has 0 bridgehead atoms. The average molecular weight is 390 g/mol. The summed E-state index contributed by atoms with van der Waals surface area (Å²) in [6, 6.07) is 20.5. The van der Waals surface area contributed by atoms with Gasteiger partial charge in [0.1, 0.15) is 10.2 Å². The van der Waals surface area contributed by atoms with Gasteiger partial charge in [0, 0.05) is 23.8 Å². The first-order valence-corrected chi connectivity index (χ1v) is 9.92. The third-order valence-corrected chi connectivity index (χ3v) is 6.31. The molecule has 1 heterocycles.